The highest BCUT2D eigenvalue weighted by molar-refractivity contribution is 7.92. The lowest BCUT2D eigenvalue weighted by atomic mass is 10.3. The number of benzene rings is 1. The molecule has 0 bridgehead atoms. The highest BCUT2D eigenvalue weighted by Crippen LogP contribution is 2.23. The predicted molar refractivity (Wildman–Crippen MR) is 104 cm³/mol. The second kappa shape index (κ2) is 7.07. The van der Waals surface area contributed by atoms with Gasteiger partial charge >= 0.3 is 0 Å². The molecule has 138 valence electrons. The van der Waals surface area contributed by atoms with E-state index in [-0.39, 0.29) is 5.03 Å². The van der Waals surface area contributed by atoms with Crippen molar-refractivity contribution in [1.82, 2.24) is 15.0 Å². The number of H-pyrrole nitrogens is 1. The molecule has 0 fully saturated rings. The number of nitrogens with zero attached hydrogens (tertiary/aromatic N) is 2. The maximum atomic E-state index is 12.4. The molecule has 1 aromatic carbocycles. The summed E-state index contributed by atoms with van der Waals surface area (Å²) in [5, 5.41) is 3.38. The molecule has 0 amide bonds. The van der Waals surface area contributed by atoms with E-state index in [0.29, 0.717) is 0 Å². The summed E-state index contributed by atoms with van der Waals surface area (Å²) in [6.45, 7) is 5.78. The molecule has 6 nitrogen and oxygen atoms in total. The van der Waals surface area contributed by atoms with Crippen LogP contribution in [-0.4, -0.2) is 34.7 Å². The van der Waals surface area contributed by atoms with Gasteiger partial charge in [-0.1, -0.05) is 12.1 Å². The normalized spacial score (nSPS) is 12.4. The third-order valence-electron chi connectivity index (χ3n) is 4.18. The summed E-state index contributed by atoms with van der Waals surface area (Å²) < 4.78 is 23.9. The minimum atomic E-state index is -3.42. The summed E-state index contributed by atoms with van der Waals surface area (Å²) in [7, 11) is -3.42. The van der Waals surface area contributed by atoms with Crippen LogP contribution in [-0.2, 0) is 16.3 Å². The zero-order chi connectivity index (χ0) is 18.8. The van der Waals surface area contributed by atoms with Gasteiger partial charge in [-0.25, -0.2) is 18.4 Å². The molecule has 0 saturated heterocycles. The van der Waals surface area contributed by atoms with E-state index in [0.717, 1.165) is 41.9 Å². The number of imidazole rings is 1. The topological polar surface area (TPSA) is 87.7 Å². The number of hydrogen-bond donors (Lipinski definition) is 2. The molecule has 0 unspecified atom stereocenters. The Morgan fingerprint density at radius 2 is 1.88 bits per heavy atom. The first-order chi connectivity index (χ1) is 12.3. The number of nitrogens with one attached hydrogen (secondary N) is 2. The fraction of sp³-hybridized carbons (Fsp3) is 0.368. The molecule has 2 heterocycles. The van der Waals surface area contributed by atoms with Gasteiger partial charge < -0.3 is 10.3 Å². The van der Waals surface area contributed by atoms with Crippen LogP contribution in [0.5, 0.6) is 0 Å². The molecule has 0 spiro atoms. The van der Waals surface area contributed by atoms with Gasteiger partial charge in [0.2, 0.25) is 0 Å². The van der Waals surface area contributed by atoms with Crippen LogP contribution in [0.1, 0.15) is 33.0 Å². The van der Waals surface area contributed by atoms with Crippen molar-refractivity contribution in [3.05, 3.63) is 48.4 Å². The first-order valence-electron chi connectivity index (χ1n) is 8.65. The standard InChI is InChI=1S/C19H24N4O2S/c1-19(2,3)26(24,25)18-11-10-14(13-21-18)20-12-6-9-17-22-15-7-4-5-8-16(15)23-17/h4-5,7-8,10-11,13,20H,6,9,12H2,1-3H3,(H,22,23). The van der Waals surface area contributed by atoms with Gasteiger partial charge in [-0.2, -0.15) is 0 Å². The number of aromatic nitrogens is 3. The monoisotopic (exact) mass is 372 g/mol. The van der Waals surface area contributed by atoms with Gasteiger partial charge in [0, 0.05) is 13.0 Å². The third-order valence-corrected chi connectivity index (χ3v) is 6.58. The van der Waals surface area contributed by atoms with Crippen LogP contribution in [0.4, 0.5) is 5.69 Å². The zero-order valence-corrected chi connectivity index (χ0v) is 16.1. The molecule has 3 aromatic rings. The smallest absolute Gasteiger partial charge is 0.200 e. The number of rotatable bonds is 6. The molecule has 0 aliphatic rings. The van der Waals surface area contributed by atoms with Crippen LogP contribution in [0.2, 0.25) is 0 Å². The highest BCUT2D eigenvalue weighted by atomic mass is 32.2. The van der Waals surface area contributed by atoms with Gasteiger partial charge in [0.25, 0.3) is 0 Å². The number of pyridine rings is 1. The summed E-state index contributed by atoms with van der Waals surface area (Å²) in [6.07, 6.45) is 3.31. The predicted octanol–water partition coefficient (Wildman–Crippen LogP) is 3.57. The lowest BCUT2D eigenvalue weighted by molar-refractivity contribution is 0.556. The summed E-state index contributed by atoms with van der Waals surface area (Å²) in [5.41, 5.74) is 2.84. The lowest BCUT2D eigenvalue weighted by Gasteiger charge is -2.18. The van der Waals surface area contributed by atoms with Gasteiger partial charge in [0.05, 0.1) is 27.7 Å². The van der Waals surface area contributed by atoms with Gasteiger partial charge in [-0.15, -0.1) is 0 Å². The minimum absolute atomic E-state index is 0.109. The highest BCUT2D eigenvalue weighted by Gasteiger charge is 2.31. The van der Waals surface area contributed by atoms with E-state index in [9.17, 15) is 8.42 Å². The summed E-state index contributed by atoms with van der Waals surface area (Å²) in [6, 6.07) is 11.3. The fourth-order valence-electron chi connectivity index (χ4n) is 2.57. The molecule has 3 rings (SSSR count). The van der Waals surface area contributed by atoms with Gasteiger partial charge in [0.1, 0.15) is 5.82 Å². The summed E-state index contributed by atoms with van der Waals surface area (Å²) in [5.74, 6) is 0.970. The molecule has 0 radical (unpaired) electrons. The Morgan fingerprint density at radius 1 is 1.12 bits per heavy atom. The number of aryl methyl sites for hydroxylation is 1. The number of hydrogen-bond acceptors (Lipinski definition) is 5. The van der Waals surface area contributed by atoms with Gasteiger partial charge in [-0.3, -0.25) is 0 Å². The minimum Gasteiger partial charge on any atom is -0.384 e. The van der Waals surface area contributed by atoms with E-state index in [1.165, 1.54) is 0 Å². The van der Waals surface area contributed by atoms with E-state index in [1.54, 1.807) is 39.1 Å². The SMILES string of the molecule is CC(C)(C)S(=O)(=O)c1ccc(NCCCc2nc3ccccc3[nH]2)cn1. The van der Waals surface area contributed by atoms with E-state index in [1.807, 2.05) is 24.3 Å². The van der Waals surface area contributed by atoms with Crippen molar-refractivity contribution in [1.29, 1.82) is 0 Å². The molecule has 2 N–H and O–H groups in total. The van der Waals surface area contributed by atoms with Crippen molar-refractivity contribution in [2.75, 3.05) is 11.9 Å². The third kappa shape index (κ3) is 3.88. The average molecular weight is 372 g/mol. The Morgan fingerprint density at radius 3 is 2.54 bits per heavy atom. The Balaban J connectivity index is 1.54. The number of para-hydroxylation sites is 2. The van der Waals surface area contributed by atoms with Crippen molar-refractivity contribution in [3.8, 4) is 0 Å². The Hall–Kier alpha value is -2.41. The Bertz CT molecular complexity index is 953. The molecule has 7 heteroatoms. The largest absolute Gasteiger partial charge is 0.384 e. The van der Waals surface area contributed by atoms with Gasteiger partial charge in [-0.05, 0) is 51.5 Å². The van der Waals surface area contributed by atoms with Crippen molar-refractivity contribution in [3.63, 3.8) is 0 Å². The molecule has 0 saturated carbocycles. The van der Waals surface area contributed by atoms with E-state index in [2.05, 4.69) is 20.3 Å². The maximum Gasteiger partial charge on any atom is 0.200 e. The molecule has 0 aliphatic carbocycles. The second-order valence-corrected chi connectivity index (χ2v) is 9.88. The number of aromatic amines is 1. The Labute approximate surface area is 154 Å². The number of sulfone groups is 1. The first-order valence-corrected chi connectivity index (χ1v) is 10.1. The van der Waals surface area contributed by atoms with E-state index < -0.39 is 14.6 Å². The molecule has 26 heavy (non-hydrogen) atoms. The maximum absolute atomic E-state index is 12.4. The van der Waals surface area contributed by atoms with Crippen molar-refractivity contribution >= 4 is 26.6 Å². The van der Waals surface area contributed by atoms with Crippen LogP contribution >= 0.6 is 0 Å². The van der Waals surface area contributed by atoms with Crippen molar-refractivity contribution in [2.24, 2.45) is 0 Å². The van der Waals surface area contributed by atoms with E-state index >= 15 is 0 Å². The van der Waals surface area contributed by atoms with Gasteiger partial charge in [0.15, 0.2) is 14.9 Å². The van der Waals surface area contributed by atoms with Crippen LogP contribution < -0.4 is 5.32 Å². The molecule has 0 atom stereocenters. The van der Waals surface area contributed by atoms with Crippen LogP contribution in [0.3, 0.4) is 0 Å². The first kappa shape index (κ1) is 18.4. The summed E-state index contributed by atoms with van der Waals surface area (Å²) >= 11 is 0. The fourth-order valence-corrected chi connectivity index (χ4v) is 3.64. The van der Waals surface area contributed by atoms with Crippen LogP contribution in [0.15, 0.2) is 47.6 Å². The van der Waals surface area contributed by atoms with Crippen molar-refractivity contribution in [2.45, 2.75) is 43.4 Å². The lowest BCUT2D eigenvalue weighted by Crippen LogP contribution is -2.28. The molecule has 2 aromatic heterocycles. The molecular formula is C19H24N4O2S. The van der Waals surface area contributed by atoms with Crippen LogP contribution in [0, 0.1) is 0 Å². The number of fused-ring (bicyclic) bond motifs is 1. The quantitative estimate of drug-likeness (QED) is 0.646. The average Bonchev–Trinajstić information content (AvgIpc) is 3.01. The number of anilines is 1. The van der Waals surface area contributed by atoms with Crippen LogP contribution in [0.25, 0.3) is 11.0 Å². The zero-order valence-electron chi connectivity index (χ0n) is 15.3. The van der Waals surface area contributed by atoms with Crippen molar-refractivity contribution < 1.29 is 8.42 Å². The second-order valence-electron chi connectivity index (χ2n) is 7.23. The summed E-state index contributed by atoms with van der Waals surface area (Å²) in [4.78, 5) is 12.0. The Kier molecular flexibility index (Phi) is 5.00. The molecule has 0 aliphatic heterocycles. The van der Waals surface area contributed by atoms with E-state index in [4.69, 9.17) is 0 Å². The molecular weight excluding hydrogens is 348 g/mol.